The molecule has 2 aromatic carbocycles. The fraction of sp³-hybridized carbons (Fsp3) is 0.318. The molecule has 5 rings (SSSR count). The number of carbonyl (C=O) groups excluding carboxylic acids is 1. The number of ether oxygens (including phenoxy) is 2. The van der Waals surface area contributed by atoms with Crippen LogP contribution in [0.2, 0.25) is 0 Å². The highest BCUT2D eigenvalue weighted by Crippen LogP contribution is 2.43. The summed E-state index contributed by atoms with van der Waals surface area (Å²) in [6.07, 6.45) is 2.37. The number of hydrogen-bond donors (Lipinski definition) is 0. The number of ketones is 1. The van der Waals surface area contributed by atoms with Gasteiger partial charge in [-0.15, -0.1) is 0 Å². The standard InChI is InChI=1S/C22H21NO5S/c1-14-21-16(11-23(13-27-21)17-7-8-29(25,26)12-17)10-18-20(24)19(28-22(14)18)9-15-5-3-2-4-6-15/h2-6,9-10,17H,7-8,11-13H2,1H3/b19-9-/t17-/m1/s1. The predicted molar refractivity (Wildman–Crippen MR) is 109 cm³/mol. The van der Waals surface area contributed by atoms with Gasteiger partial charge < -0.3 is 9.47 Å². The number of Topliss-reactive ketones (excluding diaryl/α,β-unsaturated/α-hetero) is 1. The molecule has 2 aromatic rings. The van der Waals surface area contributed by atoms with E-state index in [9.17, 15) is 13.2 Å². The summed E-state index contributed by atoms with van der Waals surface area (Å²) in [5.41, 5.74) is 3.14. The normalized spacial score (nSPS) is 24.1. The molecule has 6 nitrogen and oxygen atoms in total. The maximum absolute atomic E-state index is 12.9. The number of allylic oxidation sites excluding steroid dienone is 1. The molecular weight excluding hydrogens is 390 g/mol. The molecular formula is C22H21NO5S. The molecule has 1 atom stereocenters. The Morgan fingerprint density at radius 3 is 2.69 bits per heavy atom. The van der Waals surface area contributed by atoms with Gasteiger partial charge in [0.2, 0.25) is 5.78 Å². The van der Waals surface area contributed by atoms with E-state index in [1.807, 2.05) is 48.2 Å². The van der Waals surface area contributed by atoms with Crippen LogP contribution in [-0.2, 0) is 16.4 Å². The molecule has 0 spiro atoms. The Labute approximate surface area is 169 Å². The Morgan fingerprint density at radius 2 is 1.97 bits per heavy atom. The van der Waals surface area contributed by atoms with Crippen molar-refractivity contribution in [3.05, 3.63) is 64.4 Å². The van der Waals surface area contributed by atoms with Crippen molar-refractivity contribution in [2.75, 3.05) is 18.2 Å². The highest BCUT2D eigenvalue weighted by atomic mass is 32.2. The van der Waals surface area contributed by atoms with Gasteiger partial charge in [0, 0.05) is 23.7 Å². The molecule has 1 fully saturated rings. The Kier molecular flexibility index (Phi) is 4.26. The number of fused-ring (bicyclic) bond motifs is 2. The van der Waals surface area contributed by atoms with Gasteiger partial charge in [0.05, 0.1) is 17.1 Å². The summed E-state index contributed by atoms with van der Waals surface area (Å²) in [4.78, 5) is 15.0. The minimum Gasteiger partial charge on any atom is -0.477 e. The van der Waals surface area contributed by atoms with Gasteiger partial charge in [0.25, 0.3) is 0 Å². The molecule has 0 saturated carbocycles. The average molecular weight is 411 g/mol. The minimum atomic E-state index is -2.96. The van der Waals surface area contributed by atoms with Crippen molar-refractivity contribution < 1.29 is 22.7 Å². The van der Waals surface area contributed by atoms with Crippen LogP contribution >= 0.6 is 0 Å². The fourth-order valence-electron chi connectivity index (χ4n) is 4.26. The Hall–Kier alpha value is -2.64. The Morgan fingerprint density at radius 1 is 1.17 bits per heavy atom. The van der Waals surface area contributed by atoms with Gasteiger partial charge in [0.15, 0.2) is 15.6 Å². The molecule has 0 N–H and O–H groups in total. The summed E-state index contributed by atoms with van der Waals surface area (Å²) in [6.45, 7) is 2.80. The lowest BCUT2D eigenvalue weighted by Gasteiger charge is -2.33. The van der Waals surface area contributed by atoms with E-state index in [0.717, 1.165) is 22.4 Å². The van der Waals surface area contributed by atoms with Crippen LogP contribution < -0.4 is 9.47 Å². The number of carbonyl (C=O) groups is 1. The van der Waals surface area contributed by atoms with Crippen molar-refractivity contribution in [1.82, 2.24) is 4.90 Å². The van der Waals surface area contributed by atoms with Crippen LogP contribution in [-0.4, -0.2) is 43.4 Å². The Bertz CT molecular complexity index is 1140. The second-order valence-electron chi connectivity index (χ2n) is 7.79. The van der Waals surface area contributed by atoms with E-state index in [1.54, 1.807) is 6.08 Å². The highest BCUT2D eigenvalue weighted by molar-refractivity contribution is 7.91. The molecule has 29 heavy (non-hydrogen) atoms. The molecule has 1 saturated heterocycles. The number of rotatable bonds is 2. The first-order valence-corrected chi connectivity index (χ1v) is 11.5. The summed E-state index contributed by atoms with van der Waals surface area (Å²) in [7, 11) is -2.96. The van der Waals surface area contributed by atoms with Crippen LogP contribution in [0.3, 0.4) is 0 Å². The molecule has 0 unspecified atom stereocenters. The van der Waals surface area contributed by atoms with E-state index < -0.39 is 9.84 Å². The van der Waals surface area contributed by atoms with E-state index in [1.165, 1.54) is 0 Å². The van der Waals surface area contributed by atoms with E-state index >= 15 is 0 Å². The quantitative estimate of drug-likeness (QED) is 0.708. The zero-order chi connectivity index (χ0) is 20.2. The third kappa shape index (κ3) is 3.24. The van der Waals surface area contributed by atoms with Crippen LogP contribution in [0.25, 0.3) is 6.08 Å². The Balaban J connectivity index is 1.45. The maximum Gasteiger partial charge on any atom is 0.231 e. The second kappa shape index (κ2) is 6.71. The van der Waals surface area contributed by atoms with Gasteiger partial charge in [-0.25, -0.2) is 8.42 Å². The molecule has 0 aliphatic carbocycles. The van der Waals surface area contributed by atoms with E-state index in [2.05, 4.69) is 0 Å². The van der Waals surface area contributed by atoms with Crippen LogP contribution in [0.4, 0.5) is 0 Å². The summed E-state index contributed by atoms with van der Waals surface area (Å²) in [6, 6.07) is 11.4. The van der Waals surface area contributed by atoms with E-state index in [0.29, 0.717) is 36.8 Å². The van der Waals surface area contributed by atoms with Gasteiger partial charge in [-0.05, 0) is 31.1 Å². The lowest BCUT2D eigenvalue weighted by atomic mass is 9.99. The molecule has 150 valence electrons. The molecule has 3 aliphatic rings. The lowest BCUT2D eigenvalue weighted by molar-refractivity contribution is 0.0637. The lowest BCUT2D eigenvalue weighted by Crippen LogP contribution is -2.41. The number of nitrogens with zero attached hydrogens (tertiary/aromatic N) is 1. The molecule has 7 heteroatoms. The number of hydrogen-bond acceptors (Lipinski definition) is 6. The van der Waals surface area contributed by atoms with Crippen molar-refractivity contribution in [1.29, 1.82) is 0 Å². The number of benzene rings is 2. The molecule has 0 aromatic heterocycles. The van der Waals surface area contributed by atoms with Gasteiger partial charge in [-0.3, -0.25) is 9.69 Å². The van der Waals surface area contributed by atoms with Crippen LogP contribution in [0, 0.1) is 6.92 Å². The summed E-state index contributed by atoms with van der Waals surface area (Å²) >= 11 is 0. The number of sulfone groups is 1. The third-order valence-corrected chi connectivity index (χ3v) is 7.54. The third-order valence-electron chi connectivity index (χ3n) is 5.79. The van der Waals surface area contributed by atoms with Crippen LogP contribution in [0.1, 0.15) is 33.5 Å². The van der Waals surface area contributed by atoms with Crippen molar-refractivity contribution in [3.8, 4) is 11.5 Å². The van der Waals surface area contributed by atoms with Gasteiger partial charge >= 0.3 is 0 Å². The second-order valence-corrected chi connectivity index (χ2v) is 10.0. The molecule has 3 heterocycles. The van der Waals surface area contributed by atoms with Crippen LogP contribution in [0.15, 0.2) is 42.2 Å². The van der Waals surface area contributed by atoms with Crippen LogP contribution in [0.5, 0.6) is 11.5 Å². The van der Waals surface area contributed by atoms with Crippen molar-refractivity contribution >= 4 is 21.7 Å². The van der Waals surface area contributed by atoms with Crippen molar-refractivity contribution in [2.24, 2.45) is 0 Å². The summed E-state index contributed by atoms with van der Waals surface area (Å²) < 4.78 is 35.6. The first kappa shape index (κ1) is 18.4. The first-order valence-electron chi connectivity index (χ1n) is 9.64. The average Bonchev–Trinajstić information content (AvgIpc) is 3.23. The SMILES string of the molecule is Cc1c2c(cc3c1O/C(=C\c1ccccc1)C3=O)CN([C@@H]1CCS(=O)(=O)C1)CO2. The monoisotopic (exact) mass is 411 g/mol. The van der Waals surface area contributed by atoms with Gasteiger partial charge in [0.1, 0.15) is 18.2 Å². The summed E-state index contributed by atoms with van der Waals surface area (Å²) in [5, 5.41) is 0. The largest absolute Gasteiger partial charge is 0.477 e. The molecule has 0 radical (unpaired) electrons. The van der Waals surface area contributed by atoms with Gasteiger partial charge in [-0.1, -0.05) is 30.3 Å². The van der Waals surface area contributed by atoms with Crippen molar-refractivity contribution in [3.63, 3.8) is 0 Å². The summed E-state index contributed by atoms with van der Waals surface area (Å²) in [5.74, 6) is 1.83. The topological polar surface area (TPSA) is 72.9 Å². The predicted octanol–water partition coefficient (Wildman–Crippen LogP) is 2.95. The minimum absolute atomic E-state index is 0.0396. The zero-order valence-electron chi connectivity index (χ0n) is 16.1. The smallest absolute Gasteiger partial charge is 0.231 e. The van der Waals surface area contributed by atoms with E-state index in [-0.39, 0.29) is 23.3 Å². The highest BCUT2D eigenvalue weighted by Gasteiger charge is 2.37. The van der Waals surface area contributed by atoms with E-state index in [4.69, 9.17) is 9.47 Å². The van der Waals surface area contributed by atoms with Crippen molar-refractivity contribution in [2.45, 2.75) is 25.9 Å². The molecule has 0 bridgehead atoms. The molecule has 0 amide bonds. The fourth-order valence-corrected chi connectivity index (χ4v) is 6.03. The molecule has 3 aliphatic heterocycles. The zero-order valence-corrected chi connectivity index (χ0v) is 16.9. The first-order chi connectivity index (χ1) is 13.9. The maximum atomic E-state index is 12.9. The van der Waals surface area contributed by atoms with Gasteiger partial charge in [-0.2, -0.15) is 0 Å².